The van der Waals surface area contributed by atoms with Crippen molar-refractivity contribution < 1.29 is 4.79 Å². The Morgan fingerprint density at radius 2 is 1.69 bits per heavy atom. The molecule has 1 atom stereocenters. The number of ketones is 1. The number of halogens is 1. The predicted molar refractivity (Wildman–Crippen MR) is 55.2 cm³/mol. The van der Waals surface area contributed by atoms with E-state index in [0.29, 0.717) is 0 Å². The number of rotatable bonds is 2. The van der Waals surface area contributed by atoms with Crippen LogP contribution in [0.15, 0.2) is 18.2 Å². The molecule has 0 N–H and O–H groups in total. The van der Waals surface area contributed by atoms with E-state index >= 15 is 0 Å². The van der Waals surface area contributed by atoms with E-state index < -0.39 is 5.38 Å². The van der Waals surface area contributed by atoms with Gasteiger partial charge < -0.3 is 0 Å². The third-order valence-electron chi connectivity index (χ3n) is 1.89. The van der Waals surface area contributed by atoms with E-state index in [1.54, 1.807) is 0 Å². The second kappa shape index (κ2) is 3.93. The molecule has 0 aliphatic rings. The monoisotopic (exact) mass is 196 g/mol. The number of Topliss-reactive ketones (excluding diaryl/α,β-unsaturated/α-hetero) is 1. The minimum Gasteiger partial charge on any atom is -0.298 e. The fourth-order valence-electron chi connectivity index (χ4n) is 1.39. The molecular weight excluding hydrogens is 184 g/mol. The zero-order valence-electron chi connectivity index (χ0n) is 8.10. The first-order valence-corrected chi connectivity index (χ1v) is 4.67. The average Bonchev–Trinajstić information content (AvgIpc) is 2.01. The van der Waals surface area contributed by atoms with Gasteiger partial charge in [0.25, 0.3) is 0 Å². The topological polar surface area (TPSA) is 17.1 Å². The highest BCUT2D eigenvalue weighted by atomic mass is 35.5. The van der Waals surface area contributed by atoms with E-state index in [9.17, 15) is 4.79 Å². The van der Waals surface area contributed by atoms with Crippen LogP contribution in [0.1, 0.15) is 29.0 Å². The van der Waals surface area contributed by atoms with E-state index in [1.165, 1.54) is 6.92 Å². The molecule has 1 unspecified atom stereocenters. The van der Waals surface area contributed by atoms with Gasteiger partial charge in [-0.3, -0.25) is 4.79 Å². The van der Waals surface area contributed by atoms with Gasteiger partial charge in [0.2, 0.25) is 0 Å². The van der Waals surface area contributed by atoms with Crippen molar-refractivity contribution in [1.82, 2.24) is 0 Å². The smallest absolute Gasteiger partial charge is 0.152 e. The Labute approximate surface area is 83.7 Å². The molecular formula is C11H13ClO. The maximum atomic E-state index is 11.0. The molecule has 2 heteroatoms. The number of alkyl halides is 1. The zero-order chi connectivity index (χ0) is 10.0. The van der Waals surface area contributed by atoms with Crippen LogP contribution in [0.5, 0.6) is 0 Å². The van der Waals surface area contributed by atoms with Gasteiger partial charge >= 0.3 is 0 Å². The van der Waals surface area contributed by atoms with Gasteiger partial charge in [-0.05, 0) is 26.3 Å². The predicted octanol–water partition coefficient (Wildman–Crippen LogP) is 3.17. The highest BCUT2D eigenvalue weighted by molar-refractivity contribution is 6.30. The van der Waals surface area contributed by atoms with E-state index in [4.69, 9.17) is 11.6 Å². The molecule has 0 aliphatic heterocycles. The lowest BCUT2D eigenvalue weighted by molar-refractivity contribution is -0.116. The number of benzene rings is 1. The molecule has 0 bridgehead atoms. The third kappa shape index (κ3) is 2.56. The summed E-state index contributed by atoms with van der Waals surface area (Å²) in [5, 5.41) is -0.501. The van der Waals surface area contributed by atoms with Crippen LogP contribution in [0, 0.1) is 13.8 Å². The van der Waals surface area contributed by atoms with Gasteiger partial charge in [0, 0.05) is 0 Å². The summed E-state index contributed by atoms with van der Waals surface area (Å²) in [7, 11) is 0. The number of carbonyl (C=O) groups excluding carboxylic acids is 1. The molecule has 13 heavy (non-hydrogen) atoms. The van der Waals surface area contributed by atoms with Crippen molar-refractivity contribution in [3.63, 3.8) is 0 Å². The van der Waals surface area contributed by atoms with Crippen LogP contribution in [0.25, 0.3) is 0 Å². The van der Waals surface area contributed by atoms with Crippen molar-refractivity contribution in [3.8, 4) is 0 Å². The van der Waals surface area contributed by atoms with Crippen molar-refractivity contribution in [2.24, 2.45) is 0 Å². The molecule has 0 aromatic heterocycles. The number of hydrogen-bond acceptors (Lipinski definition) is 1. The Morgan fingerprint density at radius 1 is 1.23 bits per heavy atom. The van der Waals surface area contributed by atoms with E-state index in [0.717, 1.165) is 16.7 Å². The third-order valence-corrected chi connectivity index (χ3v) is 2.45. The molecule has 0 fully saturated rings. The average molecular weight is 197 g/mol. The molecule has 0 radical (unpaired) electrons. The summed E-state index contributed by atoms with van der Waals surface area (Å²) in [5.74, 6) is -0.00772. The molecule has 1 aromatic rings. The Kier molecular flexibility index (Phi) is 3.10. The normalized spacial score (nSPS) is 12.6. The van der Waals surface area contributed by atoms with Crippen molar-refractivity contribution >= 4 is 17.4 Å². The lowest BCUT2D eigenvalue weighted by atomic mass is 10.0. The van der Waals surface area contributed by atoms with Crippen LogP contribution < -0.4 is 0 Å². The van der Waals surface area contributed by atoms with Gasteiger partial charge in [-0.15, -0.1) is 11.6 Å². The largest absolute Gasteiger partial charge is 0.298 e. The first-order valence-electron chi connectivity index (χ1n) is 4.23. The Hall–Kier alpha value is -0.820. The van der Waals surface area contributed by atoms with Gasteiger partial charge in [0.15, 0.2) is 5.78 Å². The molecule has 0 saturated carbocycles. The van der Waals surface area contributed by atoms with Crippen LogP contribution in [0.3, 0.4) is 0 Å². The molecule has 1 nitrogen and oxygen atoms in total. The Bertz CT molecular complexity index is 311. The van der Waals surface area contributed by atoms with Gasteiger partial charge in [-0.1, -0.05) is 29.3 Å². The van der Waals surface area contributed by atoms with Crippen molar-refractivity contribution in [1.29, 1.82) is 0 Å². The maximum absolute atomic E-state index is 11.0. The molecule has 0 heterocycles. The second-order valence-electron chi connectivity index (χ2n) is 3.39. The highest BCUT2D eigenvalue weighted by Crippen LogP contribution is 2.23. The van der Waals surface area contributed by atoms with Crippen molar-refractivity contribution in [3.05, 3.63) is 34.9 Å². The number of aryl methyl sites for hydroxylation is 2. The van der Waals surface area contributed by atoms with Crippen molar-refractivity contribution in [2.45, 2.75) is 26.1 Å². The van der Waals surface area contributed by atoms with Crippen LogP contribution >= 0.6 is 11.6 Å². The Morgan fingerprint density at radius 3 is 2.08 bits per heavy atom. The van der Waals surface area contributed by atoms with Crippen LogP contribution in [-0.2, 0) is 4.79 Å². The SMILES string of the molecule is CC(=O)C(Cl)c1cc(C)cc(C)c1. The summed E-state index contributed by atoms with van der Waals surface area (Å²) < 4.78 is 0. The van der Waals surface area contributed by atoms with Gasteiger partial charge in [0.1, 0.15) is 5.38 Å². The molecule has 0 spiro atoms. The zero-order valence-corrected chi connectivity index (χ0v) is 8.85. The second-order valence-corrected chi connectivity index (χ2v) is 3.83. The fraction of sp³-hybridized carbons (Fsp3) is 0.364. The summed E-state index contributed by atoms with van der Waals surface area (Å²) in [5.41, 5.74) is 3.18. The molecule has 1 rings (SSSR count). The van der Waals surface area contributed by atoms with Gasteiger partial charge in [-0.25, -0.2) is 0 Å². The van der Waals surface area contributed by atoms with Crippen molar-refractivity contribution in [2.75, 3.05) is 0 Å². The van der Waals surface area contributed by atoms with E-state index in [2.05, 4.69) is 6.07 Å². The number of hydrogen-bond donors (Lipinski definition) is 0. The quantitative estimate of drug-likeness (QED) is 0.664. The minimum atomic E-state index is -0.501. The first-order chi connectivity index (χ1) is 6.00. The molecule has 0 saturated heterocycles. The lowest BCUT2D eigenvalue weighted by Gasteiger charge is -2.08. The van der Waals surface area contributed by atoms with E-state index in [-0.39, 0.29) is 5.78 Å². The molecule has 0 amide bonds. The standard InChI is InChI=1S/C11H13ClO/c1-7-4-8(2)6-10(5-7)11(12)9(3)13/h4-6,11H,1-3H3. The summed E-state index contributed by atoms with van der Waals surface area (Å²) >= 11 is 5.94. The Balaban J connectivity index is 3.07. The molecule has 1 aromatic carbocycles. The van der Waals surface area contributed by atoms with Crippen LogP contribution in [0.4, 0.5) is 0 Å². The van der Waals surface area contributed by atoms with Gasteiger partial charge in [-0.2, -0.15) is 0 Å². The first kappa shape index (κ1) is 10.3. The summed E-state index contributed by atoms with van der Waals surface area (Å²) in [6.07, 6.45) is 0. The highest BCUT2D eigenvalue weighted by Gasteiger charge is 2.12. The summed E-state index contributed by atoms with van der Waals surface area (Å²) in [4.78, 5) is 11.0. The number of carbonyl (C=O) groups is 1. The van der Waals surface area contributed by atoms with E-state index in [1.807, 2.05) is 26.0 Å². The maximum Gasteiger partial charge on any atom is 0.152 e. The van der Waals surface area contributed by atoms with Gasteiger partial charge in [0.05, 0.1) is 0 Å². The van der Waals surface area contributed by atoms with Crippen LogP contribution in [0.2, 0.25) is 0 Å². The summed E-state index contributed by atoms with van der Waals surface area (Å²) in [6, 6.07) is 5.96. The molecule has 70 valence electrons. The fourth-order valence-corrected chi connectivity index (χ4v) is 1.52. The lowest BCUT2D eigenvalue weighted by Crippen LogP contribution is -2.02. The molecule has 0 aliphatic carbocycles. The van der Waals surface area contributed by atoms with Crippen LogP contribution in [-0.4, -0.2) is 5.78 Å². The summed E-state index contributed by atoms with van der Waals surface area (Å²) in [6.45, 7) is 5.51. The minimum absolute atomic E-state index is 0.00772.